The molecule has 5 heteroatoms. The monoisotopic (exact) mass is 363 g/mol. The van der Waals surface area contributed by atoms with Crippen molar-refractivity contribution in [3.63, 3.8) is 0 Å². The zero-order valence-corrected chi connectivity index (χ0v) is 15.3. The lowest BCUT2D eigenvalue weighted by Crippen LogP contribution is -2.36. The van der Waals surface area contributed by atoms with Gasteiger partial charge in [0.1, 0.15) is 6.04 Å². The van der Waals surface area contributed by atoms with Crippen molar-refractivity contribution in [1.82, 2.24) is 10.6 Å². The minimum absolute atomic E-state index is 0.0360. The fourth-order valence-corrected chi connectivity index (χ4v) is 3.97. The number of fused-ring (bicyclic) bond motifs is 1. The molecule has 1 aliphatic carbocycles. The number of benzene rings is 2. The van der Waals surface area contributed by atoms with E-state index in [2.05, 4.69) is 16.0 Å². The van der Waals surface area contributed by atoms with E-state index in [0.717, 1.165) is 24.0 Å². The highest BCUT2D eigenvalue weighted by molar-refractivity contribution is 5.98. The summed E-state index contributed by atoms with van der Waals surface area (Å²) in [5.41, 5.74) is 3.51. The minimum Gasteiger partial charge on any atom is -0.349 e. The number of carbonyl (C=O) groups is 2. The SMILES string of the molecule is O=C(NC1CCCCC1)c1ccc(NC(=O)C2NCc3ccccc32)cc1. The van der Waals surface area contributed by atoms with E-state index in [4.69, 9.17) is 0 Å². The first-order valence-corrected chi connectivity index (χ1v) is 9.74. The largest absolute Gasteiger partial charge is 0.349 e. The van der Waals surface area contributed by atoms with Crippen molar-refractivity contribution in [2.45, 2.75) is 50.7 Å². The highest BCUT2D eigenvalue weighted by atomic mass is 16.2. The van der Waals surface area contributed by atoms with Gasteiger partial charge in [-0.25, -0.2) is 0 Å². The molecule has 1 fully saturated rings. The molecule has 1 saturated carbocycles. The molecule has 1 heterocycles. The van der Waals surface area contributed by atoms with Crippen LogP contribution in [0.2, 0.25) is 0 Å². The maximum Gasteiger partial charge on any atom is 0.251 e. The molecule has 140 valence electrons. The molecule has 2 aliphatic rings. The van der Waals surface area contributed by atoms with Crippen LogP contribution in [0, 0.1) is 0 Å². The molecule has 5 nitrogen and oxygen atoms in total. The van der Waals surface area contributed by atoms with Gasteiger partial charge in [0.25, 0.3) is 5.91 Å². The van der Waals surface area contributed by atoms with E-state index in [9.17, 15) is 9.59 Å². The summed E-state index contributed by atoms with van der Waals surface area (Å²) in [6, 6.07) is 15.0. The Bertz CT molecular complexity index is 826. The summed E-state index contributed by atoms with van der Waals surface area (Å²) in [5, 5.41) is 9.29. The Morgan fingerprint density at radius 3 is 2.44 bits per heavy atom. The molecular formula is C22H25N3O2. The predicted molar refractivity (Wildman–Crippen MR) is 105 cm³/mol. The van der Waals surface area contributed by atoms with Crippen molar-refractivity contribution >= 4 is 17.5 Å². The van der Waals surface area contributed by atoms with Crippen molar-refractivity contribution in [3.05, 3.63) is 65.2 Å². The first-order chi connectivity index (χ1) is 13.2. The third-order valence-corrected chi connectivity index (χ3v) is 5.48. The van der Waals surface area contributed by atoms with Crippen LogP contribution in [0.5, 0.6) is 0 Å². The fourth-order valence-electron chi connectivity index (χ4n) is 3.97. The van der Waals surface area contributed by atoms with E-state index >= 15 is 0 Å². The van der Waals surface area contributed by atoms with E-state index in [1.54, 1.807) is 24.3 Å². The van der Waals surface area contributed by atoms with Crippen molar-refractivity contribution in [1.29, 1.82) is 0 Å². The van der Waals surface area contributed by atoms with Gasteiger partial charge in [0.2, 0.25) is 5.91 Å². The summed E-state index contributed by atoms with van der Waals surface area (Å²) < 4.78 is 0. The Morgan fingerprint density at radius 1 is 0.926 bits per heavy atom. The van der Waals surface area contributed by atoms with Gasteiger partial charge in [-0.1, -0.05) is 43.5 Å². The topological polar surface area (TPSA) is 70.2 Å². The number of rotatable bonds is 4. The van der Waals surface area contributed by atoms with E-state index < -0.39 is 0 Å². The Balaban J connectivity index is 1.36. The standard InChI is InChI=1S/C22H25N3O2/c26-21(24-17-7-2-1-3-8-17)15-10-12-18(13-11-15)25-22(27)20-19-9-5-4-6-16(19)14-23-20/h4-6,9-13,17,20,23H,1-3,7-8,14H2,(H,24,26)(H,25,27). The Hall–Kier alpha value is -2.66. The van der Waals surface area contributed by atoms with E-state index in [0.29, 0.717) is 23.8 Å². The van der Waals surface area contributed by atoms with Gasteiger partial charge in [0, 0.05) is 23.8 Å². The van der Waals surface area contributed by atoms with Gasteiger partial charge in [-0.3, -0.25) is 14.9 Å². The van der Waals surface area contributed by atoms with Crippen LogP contribution >= 0.6 is 0 Å². The van der Waals surface area contributed by atoms with Crippen molar-refractivity contribution < 1.29 is 9.59 Å². The Kier molecular flexibility index (Phi) is 5.21. The maximum atomic E-state index is 12.6. The molecule has 4 rings (SSSR count). The number of anilines is 1. The van der Waals surface area contributed by atoms with Gasteiger partial charge in [0.15, 0.2) is 0 Å². The van der Waals surface area contributed by atoms with Gasteiger partial charge in [-0.05, 0) is 48.2 Å². The maximum absolute atomic E-state index is 12.6. The van der Waals surface area contributed by atoms with E-state index in [1.165, 1.54) is 19.3 Å². The first kappa shape index (κ1) is 17.7. The summed E-state index contributed by atoms with van der Waals surface area (Å²) in [4.78, 5) is 25.0. The molecular weight excluding hydrogens is 338 g/mol. The lowest BCUT2D eigenvalue weighted by molar-refractivity contribution is -0.118. The van der Waals surface area contributed by atoms with Crippen molar-refractivity contribution in [2.75, 3.05) is 5.32 Å². The molecule has 0 radical (unpaired) electrons. The van der Waals surface area contributed by atoms with Crippen LogP contribution in [0.25, 0.3) is 0 Å². The van der Waals surface area contributed by atoms with E-state index in [1.807, 2.05) is 24.3 Å². The second-order valence-electron chi connectivity index (χ2n) is 7.39. The highest BCUT2D eigenvalue weighted by Crippen LogP contribution is 2.26. The van der Waals surface area contributed by atoms with Gasteiger partial charge in [-0.15, -0.1) is 0 Å². The summed E-state index contributed by atoms with van der Waals surface area (Å²) in [6.07, 6.45) is 5.77. The fraction of sp³-hybridized carbons (Fsp3) is 0.364. The number of hydrogen-bond donors (Lipinski definition) is 3. The summed E-state index contributed by atoms with van der Waals surface area (Å²) >= 11 is 0. The molecule has 1 unspecified atom stereocenters. The summed E-state index contributed by atoms with van der Waals surface area (Å²) in [6.45, 7) is 0.703. The summed E-state index contributed by atoms with van der Waals surface area (Å²) in [5.74, 6) is -0.120. The number of carbonyl (C=O) groups excluding carboxylic acids is 2. The number of amides is 2. The third kappa shape index (κ3) is 4.03. The van der Waals surface area contributed by atoms with Crippen LogP contribution < -0.4 is 16.0 Å². The van der Waals surface area contributed by atoms with Crippen molar-refractivity contribution in [2.24, 2.45) is 0 Å². The molecule has 1 aliphatic heterocycles. The molecule has 1 atom stereocenters. The molecule has 0 spiro atoms. The smallest absolute Gasteiger partial charge is 0.251 e. The second kappa shape index (κ2) is 7.92. The average molecular weight is 363 g/mol. The number of nitrogens with one attached hydrogen (secondary N) is 3. The molecule has 2 aromatic rings. The lowest BCUT2D eigenvalue weighted by Gasteiger charge is -2.22. The molecule has 2 amide bonds. The van der Waals surface area contributed by atoms with Gasteiger partial charge >= 0.3 is 0 Å². The average Bonchev–Trinajstić information content (AvgIpc) is 3.13. The predicted octanol–water partition coefficient (Wildman–Crippen LogP) is 3.53. The van der Waals surface area contributed by atoms with E-state index in [-0.39, 0.29) is 17.9 Å². The Labute approximate surface area is 159 Å². The van der Waals surface area contributed by atoms with Gasteiger partial charge in [-0.2, -0.15) is 0 Å². The molecule has 0 aromatic heterocycles. The molecule has 3 N–H and O–H groups in total. The quantitative estimate of drug-likeness (QED) is 0.778. The normalized spacial score (nSPS) is 19.3. The molecule has 0 saturated heterocycles. The van der Waals surface area contributed by atoms with Crippen LogP contribution in [0.1, 0.15) is 59.6 Å². The Morgan fingerprint density at radius 2 is 1.67 bits per heavy atom. The van der Waals surface area contributed by atoms with Gasteiger partial charge < -0.3 is 10.6 Å². The minimum atomic E-state index is -0.338. The number of hydrogen-bond acceptors (Lipinski definition) is 3. The van der Waals surface area contributed by atoms with Crippen LogP contribution in [-0.4, -0.2) is 17.9 Å². The third-order valence-electron chi connectivity index (χ3n) is 5.48. The van der Waals surface area contributed by atoms with Crippen LogP contribution in [0.4, 0.5) is 5.69 Å². The zero-order chi connectivity index (χ0) is 18.6. The highest BCUT2D eigenvalue weighted by Gasteiger charge is 2.27. The van der Waals surface area contributed by atoms with Crippen LogP contribution in [0.3, 0.4) is 0 Å². The van der Waals surface area contributed by atoms with Gasteiger partial charge in [0.05, 0.1) is 0 Å². The molecule has 0 bridgehead atoms. The first-order valence-electron chi connectivity index (χ1n) is 9.74. The second-order valence-corrected chi connectivity index (χ2v) is 7.39. The van der Waals surface area contributed by atoms with Crippen LogP contribution in [-0.2, 0) is 11.3 Å². The molecule has 27 heavy (non-hydrogen) atoms. The lowest BCUT2D eigenvalue weighted by atomic mass is 9.95. The van der Waals surface area contributed by atoms with Crippen LogP contribution in [0.15, 0.2) is 48.5 Å². The summed E-state index contributed by atoms with van der Waals surface area (Å²) in [7, 11) is 0. The van der Waals surface area contributed by atoms with Crippen molar-refractivity contribution in [3.8, 4) is 0 Å². The molecule has 2 aromatic carbocycles. The zero-order valence-electron chi connectivity index (χ0n) is 15.3.